The molecule has 1 aliphatic heterocycles. The maximum atomic E-state index is 3.77. The van der Waals surface area contributed by atoms with Crippen molar-refractivity contribution in [3.05, 3.63) is 29.8 Å². The van der Waals surface area contributed by atoms with Crippen molar-refractivity contribution in [3.8, 4) is 0 Å². The van der Waals surface area contributed by atoms with E-state index < -0.39 is 0 Å². The van der Waals surface area contributed by atoms with Crippen LogP contribution in [0.5, 0.6) is 0 Å². The van der Waals surface area contributed by atoms with E-state index in [1.165, 1.54) is 43.6 Å². The highest BCUT2D eigenvalue weighted by molar-refractivity contribution is 5.51. The van der Waals surface area contributed by atoms with Gasteiger partial charge in [0, 0.05) is 24.3 Å². The number of hydrogen-bond donors (Lipinski definition) is 1. The van der Waals surface area contributed by atoms with Crippen molar-refractivity contribution >= 4 is 5.69 Å². The second kappa shape index (κ2) is 6.95. The summed E-state index contributed by atoms with van der Waals surface area (Å²) in [5.41, 5.74) is 2.78. The molecule has 1 saturated heterocycles. The predicted octanol–water partition coefficient (Wildman–Crippen LogP) is 3.92. The Morgan fingerprint density at radius 1 is 1.21 bits per heavy atom. The Morgan fingerprint density at radius 3 is 2.74 bits per heavy atom. The van der Waals surface area contributed by atoms with Gasteiger partial charge in [0.25, 0.3) is 0 Å². The van der Waals surface area contributed by atoms with Gasteiger partial charge in [-0.15, -0.1) is 0 Å². The van der Waals surface area contributed by atoms with Crippen molar-refractivity contribution < 1.29 is 0 Å². The second-order valence-corrected chi connectivity index (χ2v) is 5.91. The highest BCUT2D eigenvalue weighted by atomic mass is 15.1. The fraction of sp³-hybridized carbons (Fsp3) is 0.647. The molecule has 0 amide bonds. The standard InChI is InChI=1S/C17H28N2/c1-4-15-8-5-6-10-17(15)18-16-9-7-12-19(13-11-16)14(2)3/h5-6,8,10,14,16,18H,4,7,9,11-13H2,1-3H3. The Bertz CT molecular complexity index is 387. The summed E-state index contributed by atoms with van der Waals surface area (Å²) in [4.78, 5) is 2.60. The molecule has 0 bridgehead atoms. The fourth-order valence-corrected chi connectivity index (χ4v) is 2.97. The first-order valence-corrected chi connectivity index (χ1v) is 7.79. The zero-order valence-electron chi connectivity index (χ0n) is 12.7. The zero-order valence-corrected chi connectivity index (χ0v) is 12.7. The first-order chi connectivity index (χ1) is 9.20. The van der Waals surface area contributed by atoms with E-state index in [0.29, 0.717) is 12.1 Å². The van der Waals surface area contributed by atoms with E-state index in [-0.39, 0.29) is 0 Å². The normalized spacial score (nSPS) is 21.4. The van der Waals surface area contributed by atoms with E-state index >= 15 is 0 Å². The van der Waals surface area contributed by atoms with Gasteiger partial charge in [0.05, 0.1) is 0 Å². The Morgan fingerprint density at radius 2 is 2.00 bits per heavy atom. The quantitative estimate of drug-likeness (QED) is 0.882. The summed E-state index contributed by atoms with van der Waals surface area (Å²) in [7, 11) is 0. The lowest BCUT2D eigenvalue weighted by Crippen LogP contribution is -2.32. The van der Waals surface area contributed by atoms with Crippen LogP contribution in [0.15, 0.2) is 24.3 Å². The summed E-state index contributed by atoms with van der Waals surface area (Å²) in [6.07, 6.45) is 4.97. The number of rotatable bonds is 4. The molecule has 1 N–H and O–H groups in total. The third kappa shape index (κ3) is 3.97. The van der Waals surface area contributed by atoms with E-state index in [9.17, 15) is 0 Å². The Balaban J connectivity index is 1.96. The third-order valence-electron chi connectivity index (χ3n) is 4.25. The molecule has 1 aromatic carbocycles. The number of nitrogens with zero attached hydrogens (tertiary/aromatic N) is 1. The third-order valence-corrected chi connectivity index (χ3v) is 4.25. The first kappa shape index (κ1) is 14.4. The number of benzene rings is 1. The van der Waals surface area contributed by atoms with Crippen LogP contribution in [0.3, 0.4) is 0 Å². The van der Waals surface area contributed by atoms with Gasteiger partial charge in [-0.2, -0.15) is 0 Å². The van der Waals surface area contributed by atoms with Gasteiger partial charge in [-0.05, 0) is 57.7 Å². The molecular weight excluding hydrogens is 232 g/mol. The number of nitrogens with one attached hydrogen (secondary N) is 1. The fourth-order valence-electron chi connectivity index (χ4n) is 2.97. The summed E-state index contributed by atoms with van der Waals surface area (Å²) >= 11 is 0. The van der Waals surface area contributed by atoms with Gasteiger partial charge in [0.2, 0.25) is 0 Å². The minimum atomic E-state index is 0.636. The van der Waals surface area contributed by atoms with E-state index in [4.69, 9.17) is 0 Å². The molecule has 2 heteroatoms. The molecule has 1 heterocycles. The van der Waals surface area contributed by atoms with Crippen LogP contribution in [-0.4, -0.2) is 30.1 Å². The molecule has 0 aliphatic carbocycles. The van der Waals surface area contributed by atoms with Gasteiger partial charge < -0.3 is 10.2 Å². The van der Waals surface area contributed by atoms with Crippen molar-refractivity contribution in [1.82, 2.24) is 4.90 Å². The summed E-state index contributed by atoms with van der Waals surface area (Å²) in [6.45, 7) is 9.32. The number of aryl methyl sites for hydroxylation is 1. The smallest absolute Gasteiger partial charge is 0.0374 e. The van der Waals surface area contributed by atoms with Crippen LogP contribution in [0.4, 0.5) is 5.69 Å². The maximum absolute atomic E-state index is 3.77. The number of likely N-dealkylation sites (tertiary alicyclic amines) is 1. The van der Waals surface area contributed by atoms with Crippen LogP contribution >= 0.6 is 0 Å². The minimum Gasteiger partial charge on any atom is -0.382 e. The molecular formula is C17H28N2. The topological polar surface area (TPSA) is 15.3 Å². The SMILES string of the molecule is CCc1ccccc1NC1CCCN(C(C)C)CC1. The molecule has 1 aliphatic rings. The van der Waals surface area contributed by atoms with Gasteiger partial charge in [-0.1, -0.05) is 25.1 Å². The van der Waals surface area contributed by atoms with Gasteiger partial charge >= 0.3 is 0 Å². The van der Waals surface area contributed by atoms with E-state index in [2.05, 4.69) is 55.3 Å². The number of hydrogen-bond acceptors (Lipinski definition) is 2. The summed E-state index contributed by atoms with van der Waals surface area (Å²) in [6, 6.07) is 10.1. The number of para-hydroxylation sites is 1. The van der Waals surface area contributed by atoms with Crippen molar-refractivity contribution in [2.75, 3.05) is 18.4 Å². The summed E-state index contributed by atoms with van der Waals surface area (Å²) in [5, 5.41) is 3.77. The minimum absolute atomic E-state index is 0.636. The largest absolute Gasteiger partial charge is 0.382 e. The Labute approximate surface area is 118 Å². The molecule has 106 valence electrons. The van der Waals surface area contributed by atoms with Gasteiger partial charge in [-0.25, -0.2) is 0 Å². The van der Waals surface area contributed by atoms with Crippen molar-refractivity contribution in [2.24, 2.45) is 0 Å². The average molecular weight is 260 g/mol. The molecule has 0 aromatic heterocycles. The molecule has 0 saturated carbocycles. The molecule has 2 rings (SSSR count). The van der Waals surface area contributed by atoms with Crippen LogP contribution in [-0.2, 0) is 6.42 Å². The molecule has 2 nitrogen and oxygen atoms in total. The predicted molar refractivity (Wildman–Crippen MR) is 83.8 cm³/mol. The van der Waals surface area contributed by atoms with Crippen LogP contribution in [0.1, 0.15) is 45.6 Å². The number of anilines is 1. The Hall–Kier alpha value is -1.02. The van der Waals surface area contributed by atoms with Crippen LogP contribution in [0, 0.1) is 0 Å². The molecule has 1 unspecified atom stereocenters. The first-order valence-electron chi connectivity index (χ1n) is 7.79. The van der Waals surface area contributed by atoms with Crippen molar-refractivity contribution in [3.63, 3.8) is 0 Å². The van der Waals surface area contributed by atoms with Gasteiger partial charge in [0.1, 0.15) is 0 Å². The van der Waals surface area contributed by atoms with Crippen molar-refractivity contribution in [1.29, 1.82) is 0 Å². The lowest BCUT2D eigenvalue weighted by Gasteiger charge is -2.24. The lowest BCUT2D eigenvalue weighted by atomic mass is 10.1. The van der Waals surface area contributed by atoms with Crippen LogP contribution < -0.4 is 5.32 Å². The second-order valence-electron chi connectivity index (χ2n) is 5.91. The van der Waals surface area contributed by atoms with E-state index in [0.717, 1.165) is 6.42 Å². The molecule has 0 spiro atoms. The molecule has 0 radical (unpaired) electrons. The summed E-state index contributed by atoms with van der Waals surface area (Å²) in [5.74, 6) is 0. The molecule has 1 atom stereocenters. The highest BCUT2D eigenvalue weighted by Crippen LogP contribution is 2.21. The monoisotopic (exact) mass is 260 g/mol. The van der Waals surface area contributed by atoms with Gasteiger partial charge in [0.15, 0.2) is 0 Å². The van der Waals surface area contributed by atoms with E-state index in [1.54, 1.807) is 0 Å². The molecule has 1 aromatic rings. The summed E-state index contributed by atoms with van der Waals surface area (Å²) < 4.78 is 0. The molecule has 1 fully saturated rings. The zero-order chi connectivity index (χ0) is 13.7. The molecule has 19 heavy (non-hydrogen) atoms. The van der Waals surface area contributed by atoms with E-state index in [1.807, 2.05) is 0 Å². The van der Waals surface area contributed by atoms with Crippen LogP contribution in [0.2, 0.25) is 0 Å². The van der Waals surface area contributed by atoms with Crippen LogP contribution in [0.25, 0.3) is 0 Å². The highest BCUT2D eigenvalue weighted by Gasteiger charge is 2.18. The Kier molecular flexibility index (Phi) is 5.26. The van der Waals surface area contributed by atoms with Gasteiger partial charge in [-0.3, -0.25) is 0 Å². The maximum Gasteiger partial charge on any atom is 0.0374 e. The van der Waals surface area contributed by atoms with Crippen molar-refractivity contribution in [2.45, 2.75) is 58.5 Å². The average Bonchev–Trinajstić information content (AvgIpc) is 2.65. The lowest BCUT2D eigenvalue weighted by molar-refractivity contribution is 0.230.